The standard InChI is InChI=1S/C26H32FN5O3S2/c1-18-5-6-21-22(15-18)36-26-24(21)25(28-23(29-26)17-30-11-13-35-14-12-30)31-7-9-32(10-8-31)37(33,34)20-4-2-3-19(27)16-20/h2-4,16,18H,5-15,17H2,1H3. The van der Waals surface area contributed by atoms with E-state index in [1.807, 2.05) is 0 Å². The molecule has 4 heterocycles. The first-order chi connectivity index (χ1) is 17.9. The van der Waals surface area contributed by atoms with Gasteiger partial charge in [0.25, 0.3) is 0 Å². The van der Waals surface area contributed by atoms with Crippen LogP contribution in [0, 0.1) is 11.7 Å². The fourth-order valence-electron chi connectivity index (χ4n) is 5.54. The zero-order valence-corrected chi connectivity index (χ0v) is 22.7. The molecule has 198 valence electrons. The minimum atomic E-state index is -3.75. The van der Waals surface area contributed by atoms with Crippen molar-refractivity contribution in [2.75, 3.05) is 57.4 Å². The van der Waals surface area contributed by atoms with E-state index in [4.69, 9.17) is 14.7 Å². The average Bonchev–Trinajstić information content (AvgIpc) is 3.26. The molecular formula is C26H32FN5O3S2. The molecule has 0 amide bonds. The van der Waals surface area contributed by atoms with Crippen LogP contribution in [0.3, 0.4) is 0 Å². The summed E-state index contributed by atoms with van der Waals surface area (Å²) in [5.41, 5.74) is 1.38. The van der Waals surface area contributed by atoms with Crippen molar-refractivity contribution >= 4 is 37.4 Å². The van der Waals surface area contributed by atoms with Crippen molar-refractivity contribution in [3.8, 4) is 0 Å². The number of benzene rings is 1. The summed E-state index contributed by atoms with van der Waals surface area (Å²) in [5, 5.41) is 1.15. The summed E-state index contributed by atoms with van der Waals surface area (Å²) in [6.07, 6.45) is 3.27. The number of piperazine rings is 1. The molecule has 1 aliphatic carbocycles. The van der Waals surface area contributed by atoms with E-state index in [1.165, 1.54) is 32.9 Å². The van der Waals surface area contributed by atoms with E-state index >= 15 is 0 Å². The Kier molecular flexibility index (Phi) is 6.91. The molecule has 0 saturated carbocycles. The Hall–Kier alpha value is -2.18. The third kappa shape index (κ3) is 4.99. The first-order valence-electron chi connectivity index (χ1n) is 13.0. The summed E-state index contributed by atoms with van der Waals surface area (Å²) in [6.45, 7) is 7.87. The number of thiophene rings is 1. The van der Waals surface area contributed by atoms with E-state index in [0.29, 0.717) is 38.6 Å². The van der Waals surface area contributed by atoms with Crippen LogP contribution in [0.25, 0.3) is 10.2 Å². The minimum Gasteiger partial charge on any atom is -0.379 e. The van der Waals surface area contributed by atoms with Crippen LogP contribution in [0.15, 0.2) is 29.2 Å². The van der Waals surface area contributed by atoms with E-state index in [0.717, 1.165) is 73.5 Å². The van der Waals surface area contributed by atoms with Gasteiger partial charge in [-0.25, -0.2) is 22.8 Å². The molecule has 6 rings (SSSR count). The number of aryl methyl sites for hydroxylation is 1. The highest BCUT2D eigenvalue weighted by molar-refractivity contribution is 7.89. The summed E-state index contributed by atoms with van der Waals surface area (Å²) < 4.78 is 47.0. The van der Waals surface area contributed by atoms with Crippen LogP contribution in [-0.4, -0.2) is 80.1 Å². The molecule has 0 bridgehead atoms. The van der Waals surface area contributed by atoms with Crippen LogP contribution in [0.4, 0.5) is 10.2 Å². The molecule has 8 nitrogen and oxygen atoms in total. The number of halogens is 1. The first kappa shape index (κ1) is 25.1. The van der Waals surface area contributed by atoms with Crippen LogP contribution in [-0.2, 0) is 34.1 Å². The van der Waals surface area contributed by atoms with E-state index < -0.39 is 15.8 Å². The number of hydrogen-bond donors (Lipinski definition) is 0. The normalized spacial score (nSPS) is 21.9. The predicted octanol–water partition coefficient (Wildman–Crippen LogP) is 3.30. The Morgan fingerprint density at radius 1 is 1.11 bits per heavy atom. The number of aromatic nitrogens is 2. The number of rotatable bonds is 5. The van der Waals surface area contributed by atoms with Gasteiger partial charge in [-0.3, -0.25) is 4.90 Å². The van der Waals surface area contributed by atoms with Crippen LogP contribution in [0.1, 0.15) is 29.6 Å². The van der Waals surface area contributed by atoms with Crippen LogP contribution in [0.2, 0.25) is 0 Å². The molecule has 3 aromatic rings. The number of ether oxygens (including phenoxy) is 1. The number of nitrogens with zero attached hydrogens (tertiary/aromatic N) is 5. The van der Waals surface area contributed by atoms with E-state index in [-0.39, 0.29) is 4.90 Å². The van der Waals surface area contributed by atoms with E-state index in [9.17, 15) is 12.8 Å². The van der Waals surface area contributed by atoms with Gasteiger partial charge in [-0.1, -0.05) is 13.0 Å². The van der Waals surface area contributed by atoms with E-state index in [2.05, 4.69) is 16.7 Å². The molecule has 37 heavy (non-hydrogen) atoms. The van der Waals surface area contributed by atoms with Gasteiger partial charge in [0.05, 0.1) is 30.0 Å². The third-order valence-electron chi connectivity index (χ3n) is 7.62. The van der Waals surface area contributed by atoms with Crippen molar-refractivity contribution in [1.82, 2.24) is 19.2 Å². The molecule has 3 aliphatic rings. The largest absolute Gasteiger partial charge is 0.379 e. The lowest BCUT2D eigenvalue weighted by molar-refractivity contribution is 0.0331. The molecule has 0 radical (unpaired) electrons. The Bertz CT molecular complexity index is 1400. The second-order valence-corrected chi connectivity index (χ2v) is 13.3. The molecule has 11 heteroatoms. The van der Waals surface area contributed by atoms with Gasteiger partial charge >= 0.3 is 0 Å². The molecule has 2 saturated heterocycles. The van der Waals surface area contributed by atoms with Crippen molar-refractivity contribution in [3.05, 3.63) is 46.3 Å². The first-order valence-corrected chi connectivity index (χ1v) is 15.3. The Morgan fingerprint density at radius 2 is 1.89 bits per heavy atom. The highest BCUT2D eigenvalue weighted by Crippen LogP contribution is 2.41. The lowest BCUT2D eigenvalue weighted by Gasteiger charge is -2.35. The summed E-state index contributed by atoms with van der Waals surface area (Å²) >= 11 is 1.80. The lowest BCUT2D eigenvalue weighted by atomic mass is 9.89. The zero-order chi connectivity index (χ0) is 25.6. The van der Waals surface area contributed by atoms with Crippen LogP contribution < -0.4 is 4.90 Å². The Balaban J connectivity index is 1.30. The molecule has 0 N–H and O–H groups in total. The number of hydrogen-bond acceptors (Lipinski definition) is 8. The Morgan fingerprint density at radius 3 is 2.65 bits per heavy atom. The second-order valence-electron chi connectivity index (χ2n) is 10.2. The predicted molar refractivity (Wildman–Crippen MR) is 142 cm³/mol. The van der Waals surface area contributed by atoms with Gasteiger partial charge in [-0.05, 0) is 48.9 Å². The maximum atomic E-state index is 13.7. The molecule has 2 aromatic heterocycles. The summed E-state index contributed by atoms with van der Waals surface area (Å²) in [5.74, 6) is 1.86. The zero-order valence-electron chi connectivity index (χ0n) is 21.0. The molecule has 1 atom stereocenters. The van der Waals surface area contributed by atoms with Gasteiger partial charge in [-0.15, -0.1) is 11.3 Å². The monoisotopic (exact) mass is 545 g/mol. The highest BCUT2D eigenvalue weighted by atomic mass is 32.2. The number of fused-ring (bicyclic) bond motifs is 3. The Labute approximate surface area is 221 Å². The minimum absolute atomic E-state index is 0.000743. The van der Waals surface area contributed by atoms with E-state index in [1.54, 1.807) is 11.3 Å². The SMILES string of the molecule is CC1CCc2c(sc3nc(CN4CCOCC4)nc(N4CCN(S(=O)(=O)c5cccc(F)c5)CC4)c23)C1. The van der Waals surface area contributed by atoms with Crippen LogP contribution in [0.5, 0.6) is 0 Å². The molecule has 0 spiro atoms. The molecule has 2 fully saturated rings. The van der Waals surface area contributed by atoms with Gasteiger partial charge in [0, 0.05) is 44.1 Å². The average molecular weight is 546 g/mol. The third-order valence-corrected chi connectivity index (χ3v) is 10.7. The summed E-state index contributed by atoms with van der Waals surface area (Å²) in [6, 6.07) is 5.24. The van der Waals surface area contributed by atoms with Gasteiger partial charge in [0.2, 0.25) is 10.0 Å². The van der Waals surface area contributed by atoms with Crippen molar-refractivity contribution in [1.29, 1.82) is 0 Å². The van der Waals surface area contributed by atoms with Gasteiger partial charge in [0.1, 0.15) is 22.3 Å². The topological polar surface area (TPSA) is 78.9 Å². The highest BCUT2D eigenvalue weighted by Gasteiger charge is 2.32. The lowest BCUT2D eigenvalue weighted by Crippen LogP contribution is -2.49. The van der Waals surface area contributed by atoms with Gasteiger partial charge in [0.15, 0.2) is 0 Å². The summed E-state index contributed by atoms with van der Waals surface area (Å²) in [4.78, 5) is 17.1. The number of anilines is 1. The van der Waals surface area contributed by atoms with Crippen molar-refractivity contribution < 1.29 is 17.5 Å². The van der Waals surface area contributed by atoms with Crippen molar-refractivity contribution in [3.63, 3.8) is 0 Å². The molecule has 1 aromatic carbocycles. The fraction of sp³-hybridized carbons (Fsp3) is 0.538. The quantitative estimate of drug-likeness (QED) is 0.487. The van der Waals surface area contributed by atoms with Gasteiger partial charge in [-0.2, -0.15) is 4.31 Å². The maximum absolute atomic E-state index is 13.7. The number of morpholine rings is 1. The van der Waals surface area contributed by atoms with Crippen molar-refractivity contribution in [2.24, 2.45) is 5.92 Å². The van der Waals surface area contributed by atoms with Gasteiger partial charge < -0.3 is 9.64 Å². The molecular weight excluding hydrogens is 513 g/mol. The second kappa shape index (κ2) is 10.2. The fourth-order valence-corrected chi connectivity index (χ4v) is 8.39. The summed E-state index contributed by atoms with van der Waals surface area (Å²) in [7, 11) is -3.75. The maximum Gasteiger partial charge on any atom is 0.243 e. The number of sulfonamides is 1. The van der Waals surface area contributed by atoms with Crippen LogP contribution >= 0.6 is 11.3 Å². The smallest absolute Gasteiger partial charge is 0.243 e. The molecule has 1 unspecified atom stereocenters. The van der Waals surface area contributed by atoms with Crippen molar-refractivity contribution in [2.45, 2.75) is 37.6 Å². The molecule has 2 aliphatic heterocycles.